The van der Waals surface area contributed by atoms with Gasteiger partial charge in [0.05, 0.1) is 11.6 Å². The number of rotatable bonds is 4. The van der Waals surface area contributed by atoms with Gasteiger partial charge in [-0.25, -0.2) is 9.97 Å². The maximum atomic E-state index is 4.39. The molecule has 1 aliphatic rings. The van der Waals surface area contributed by atoms with Gasteiger partial charge < -0.3 is 4.90 Å². The van der Waals surface area contributed by atoms with Crippen molar-refractivity contribution in [2.45, 2.75) is 19.8 Å². The lowest BCUT2D eigenvalue weighted by Gasteiger charge is -2.21. The van der Waals surface area contributed by atoms with E-state index < -0.39 is 0 Å². The molecule has 0 aromatic carbocycles. The van der Waals surface area contributed by atoms with Crippen molar-refractivity contribution in [1.82, 2.24) is 20.2 Å². The molecule has 0 atom stereocenters. The molecule has 2 heterocycles. The largest absolute Gasteiger partial charge is 0.356 e. The first-order chi connectivity index (χ1) is 7.88. The fourth-order valence-corrected chi connectivity index (χ4v) is 1.98. The molecular formula is C11H15N5. The van der Waals surface area contributed by atoms with Crippen LogP contribution in [-0.4, -0.2) is 33.3 Å². The molecule has 0 saturated heterocycles. The number of aromatic amines is 1. The summed E-state index contributed by atoms with van der Waals surface area (Å²) in [7, 11) is 0. The Bertz CT molecular complexity index is 488. The monoisotopic (exact) mass is 217 g/mol. The summed E-state index contributed by atoms with van der Waals surface area (Å²) in [6.07, 6.45) is 6.12. The molecule has 1 fully saturated rings. The van der Waals surface area contributed by atoms with E-state index in [1.54, 1.807) is 12.5 Å². The van der Waals surface area contributed by atoms with Gasteiger partial charge in [-0.3, -0.25) is 5.10 Å². The second-order valence-electron chi connectivity index (χ2n) is 4.31. The van der Waals surface area contributed by atoms with E-state index >= 15 is 0 Å². The highest BCUT2D eigenvalue weighted by Crippen LogP contribution is 2.32. The second-order valence-corrected chi connectivity index (χ2v) is 4.31. The number of H-pyrrole nitrogens is 1. The van der Waals surface area contributed by atoms with Crippen molar-refractivity contribution in [2.75, 3.05) is 18.0 Å². The first kappa shape index (κ1) is 9.57. The van der Waals surface area contributed by atoms with Crippen molar-refractivity contribution >= 4 is 16.9 Å². The van der Waals surface area contributed by atoms with Crippen LogP contribution in [0, 0.1) is 5.92 Å². The summed E-state index contributed by atoms with van der Waals surface area (Å²) < 4.78 is 0. The molecule has 5 heteroatoms. The van der Waals surface area contributed by atoms with E-state index in [1.807, 2.05) is 0 Å². The minimum absolute atomic E-state index is 0.819. The molecular weight excluding hydrogens is 202 g/mol. The predicted octanol–water partition coefficient (Wildman–Crippen LogP) is 1.59. The predicted molar refractivity (Wildman–Crippen MR) is 62.3 cm³/mol. The number of anilines is 1. The molecule has 1 saturated carbocycles. The van der Waals surface area contributed by atoms with Gasteiger partial charge >= 0.3 is 0 Å². The number of nitrogens with zero attached hydrogens (tertiary/aromatic N) is 4. The van der Waals surface area contributed by atoms with Gasteiger partial charge in [-0.05, 0) is 25.7 Å². The van der Waals surface area contributed by atoms with Crippen molar-refractivity contribution in [2.24, 2.45) is 5.92 Å². The molecule has 0 unspecified atom stereocenters. The second kappa shape index (κ2) is 3.73. The lowest BCUT2D eigenvalue weighted by molar-refractivity contribution is 0.734. The van der Waals surface area contributed by atoms with Crippen LogP contribution in [0.15, 0.2) is 12.5 Å². The topological polar surface area (TPSA) is 57.7 Å². The van der Waals surface area contributed by atoms with E-state index in [0.717, 1.165) is 35.9 Å². The first-order valence-electron chi connectivity index (χ1n) is 5.77. The van der Waals surface area contributed by atoms with E-state index in [0.29, 0.717) is 0 Å². The van der Waals surface area contributed by atoms with Crippen LogP contribution >= 0.6 is 0 Å². The standard InChI is InChI=1S/C11H15N5/c1-2-16(6-8-3-4-8)11-9-5-14-15-10(9)12-7-13-11/h5,7-8H,2-4,6H2,1H3,(H,12,13,14,15). The summed E-state index contributed by atoms with van der Waals surface area (Å²) in [6.45, 7) is 4.25. The quantitative estimate of drug-likeness (QED) is 0.845. The SMILES string of the molecule is CCN(CC1CC1)c1ncnc2[nH]ncc12. The molecule has 16 heavy (non-hydrogen) atoms. The van der Waals surface area contributed by atoms with Crippen LogP contribution in [0.3, 0.4) is 0 Å². The fourth-order valence-electron chi connectivity index (χ4n) is 1.98. The Hall–Kier alpha value is -1.65. The van der Waals surface area contributed by atoms with Crippen molar-refractivity contribution in [1.29, 1.82) is 0 Å². The van der Waals surface area contributed by atoms with Gasteiger partial charge in [0, 0.05) is 13.1 Å². The average molecular weight is 217 g/mol. The van der Waals surface area contributed by atoms with Crippen LogP contribution in [0.2, 0.25) is 0 Å². The smallest absolute Gasteiger partial charge is 0.160 e. The summed E-state index contributed by atoms with van der Waals surface area (Å²) in [5, 5.41) is 7.92. The molecule has 3 rings (SSSR count). The summed E-state index contributed by atoms with van der Waals surface area (Å²) in [4.78, 5) is 10.9. The van der Waals surface area contributed by atoms with Crippen molar-refractivity contribution < 1.29 is 0 Å². The van der Waals surface area contributed by atoms with Crippen molar-refractivity contribution in [3.8, 4) is 0 Å². The third kappa shape index (κ3) is 1.62. The Morgan fingerprint density at radius 3 is 3.06 bits per heavy atom. The summed E-state index contributed by atoms with van der Waals surface area (Å²) in [6, 6.07) is 0. The van der Waals surface area contributed by atoms with Gasteiger partial charge in [-0.2, -0.15) is 5.10 Å². The van der Waals surface area contributed by atoms with Gasteiger partial charge in [0.2, 0.25) is 0 Å². The zero-order valence-electron chi connectivity index (χ0n) is 9.35. The Morgan fingerprint density at radius 1 is 1.44 bits per heavy atom. The highest BCUT2D eigenvalue weighted by atomic mass is 15.2. The molecule has 0 spiro atoms. The summed E-state index contributed by atoms with van der Waals surface area (Å²) in [5.74, 6) is 1.87. The minimum Gasteiger partial charge on any atom is -0.356 e. The van der Waals surface area contributed by atoms with E-state index in [-0.39, 0.29) is 0 Å². The fraction of sp³-hybridized carbons (Fsp3) is 0.545. The van der Waals surface area contributed by atoms with Crippen molar-refractivity contribution in [3.63, 3.8) is 0 Å². The third-order valence-electron chi connectivity index (χ3n) is 3.08. The van der Waals surface area contributed by atoms with E-state index in [1.165, 1.54) is 12.8 Å². The van der Waals surface area contributed by atoms with Crippen LogP contribution in [0.4, 0.5) is 5.82 Å². The van der Waals surface area contributed by atoms with Crippen LogP contribution in [0.25, 0.3) is 11.0 Å². The molecule has 1 aliphatic carbocycles. The van der Waals surface area contributed by atoms with Gasteiger partial charge in [0.15, 0.2) is 5.65 Å². The number of aromatic nitrogens is 4. The molecule has 2 aromatic heterocycles. The molecule has 0 amide bonds. The number of fused-ring (bicyclic) bond motifs is 1. The third-order valence-corrected chi connectivity index (χ3v) is 3.08. The Morgan fingerprint density at radius 2 is 2.31 bits per heavy atom. The molecule has 84 valence electrons. The molecule has 2 aromatic rings. The number of hydrogen-bond donors (Lipinski definition) is 1. The lowest BCUT2D eigenvalue weighted by atomic mass is 10.3. The van der Waals surface area contributed by atoms with Crippen molar-refractivity contribution in [3.05, 3.63) is 12.5 Å². The van der Waals surface area contributed by atoms with Crippen LogP contribution in [0.5, 0.6) is 0 Å². The minimum atomic E-state index is 0.819. The Labute approximate surface area is 93.9 Å². The zero-order chi connectivity index (χ0) is 11.0. The molecule has 1 N–H and O–H groups in total. The molecule has 5 nitrogen and oxygen atoms in total. The van der Waals surface area contributed by atoms with E-state index in [9.17, 15) is 0 Å². The van der Waals surface area contributed by atoms with Gasteiger partial charge in [-0.1, -0.05) is 0 Å². The highest BCUT2D eigenvalue weighted by molar-refractivity contribution is 5.86. The highest BCUT2D eigenvalue weighted by Gasteiger charge is 2.25. The van der Waals surface area contributed by atoms with Gasteiger partial charge in [0.25, 0.3) is 0 Å². The summed E-state index contributed by atoms with van der Waals surface area (Å²) in [5.41, 5.74) is 0.819. The maximum absolute atomic E-state index is 4.39. The zero-order valence-corrected chi connectivity index (χ0v) is 9.35. The normalized spacial score (nSPS) is 15.6. The summed E-state index contributed by atoms with van der Waals surface area (Å²) >= 11 is 0. The number of hydrogen-bond acceptors (Lipinski definition) is 4. The maximum Gasteiger partial charge on any atom is 0.160 e. The molecule has 0 aliphatic heterocycles. The Kier molecular flexibility index (Phi) is 2.23. The average Bonchev–Trinajstić information content (AvgIpc) is 3.00. The number of nitrogens with one attached hydrogen (secondary N) is 1. The van der Waals surface area contributed by atoms with E-state index in [4.69, 9.17) is 0 Å². The van der Waals surface area contributed by atoms with Gasteiger partial charge in [-0.15, -0.1) is 0 Å². The van der Waals surface area contributed by atoms with Gasteiger partial charge in [0.1, 0.15) is 12.1 Å². The lowest BCUT2D eigenvalue weighted by Crippen LogP contribution is -2.26. The van der Waals surface area contributed by atoms with E-state index in [2.05, 4.69) is 32.0 Å². The molecule has 0 bridgehead atoms. The molecule has 0 radical (unpaired) electrons. The van der Waals surface area contributed by atoms with Crippen LogP contribution < -0.4 is 4.90 Å². The Balaban J connectivity index is 1.97. The first-order valence-corrected chi connectivity index (χ1v) is 5.77. The van der Waals surface area contributed by atoms with Crippen LogP contribution in [0.1, 0.15) is 19.8 Å². The van der Waals surface area contributed by atoms with Crippen LogP contribution in [-0.2, 0) is 0 Å².